The summed E-state index contributed by atoms with van der Waals surface area (Å²) in [7, 11) is -1.39. The summed E-state index contributed by atoms with van der Waals surface area (Å²) in [5, 5.41) is 5.11. The van der Waals surface area contributed by atoms with Gasteiger partial charge in [-0.3, -0.25) is 4.79 Å². The van der Waals surface area contributed by atoms with E-state index < -0.39 is 9.84 Å². The number of nitrogens with one attached hydrogen (secondary N) is 2. The third-order valence-corrected chi connectivity index (χ3v) is 2.16. The first-order chi connectivity index (χ1) is 5.45. The largest absolute Gasteiger partial charge is 0.358 e. The van der Waals surface area contributed by atoms with E-state index in [1.165, 1.54) is 7.05 Å². The molecule has 0 saturated carbocycles. The van der Waals surface area contributed by atoms with E-state index in [2.05, 4.69) is 10.6 Å². The van der Waals surface area contributed by atoms with Gasteiger partial charge in [-0.2, -0.15) is 0 Å². The molecule has 0 aliphatic carbocycles. The molecule has 1 amide bonds. The highest BCUT2D eigenvalue weighted by molar-refractivity contribution is 7.90. The van der Waals surface area contributed by atoms with Crippen LogP contribution in [0.25, 0.3) is 0 Å². The second kappa shape index (κ2) is 5.10. The van der Waals surface area contributed by atoms with Gasteiger partial charge in [0, 0.05) is 19.8 Å². The Labute approximate surface area is 72.5 Å². The van der Waals surface area contributed by atoms with E-state index in [-0.39, 0.29) is 18.2 Å². The molecule has 0 bridgehead atoms. The van der Waals surface area contributed by atoms with Crippen LogP contribution < -0.4 is 10.6 Å². The molecule has 72 valence electrons. The van der Waals surface area contributed by atoms with Gasteiger partial charge >= 0.3 is 0 Å². The Morgan fingerprint density at radius 2 is 2.00 bits per heavy atom. The zero-order valence-electron chi connectivity index (χ0n) is 7.25. The van der Waals surface area contributed by atoms with Crippen LogP contribution in [0.3, 0.4) is 0 Å². The predicted molar refractivity (Wildman–Crippen MR) is 46.6 cm³/mol. The quantitative estimate of drug-likeness (QED) is 0.515. The molecule has 0 aromatic heterocycles. The molecule has 0 aliphatic heterocycles. The molecule has 5 nitrogen and oxygen atoms in total. The fourth-order valence-corrected chi connectivity index (χ4v) is 1.06. The van der Waals surface area contributed by atoms with Gasteiger partial charge in [-0.05, 0) is 0 Å². The second-order valence-corrected chi connectivity index (χ2v) is 4.74. The lowest BCUT2D eigenvalue weighted by Crippen LogP contribution is -2.33. The first-order valence-electron chi connectivity index (χ1n) is 3.55. The monoisotopic (exact) mass is 194 g/mol. The Hall–Kier alpha value is -0.620. The normalized spacial score (nSPS) is 11.2. The molecular weight excluding hydrogens is 180 g/mol. The number of carbonyl (C=O) groups is 1. The number of hydrogen-bond acceptors (Lipinski definition) is 4. The van der Waals surface area contributed by atoms with Crippen LogP contribution in [0.1, 0.15) is 0 Å². The van der Waals surface area contributed by atoms with E-state index in [4.69, 9.17) is 0 Å². The molecule has 0 heterocycles. The van der Waals surface area contributed by atoms with E-state index >= 15 is 0 Å². The van der Waals surface area contributed by atoms with Gasteiger partial charge in [0.25, 0.3) is 0 Å². The van der Waals surface area contributed by atoms with E-state index in [0.29, 0.717) is 6.54 Å². The zero-order chi connectivity index (χ0) is 9.61. The third kappa shape index (κ3) is 7.49. The van der Waals surface area contributed by atoms with E-state index in [9.17, 15) is 13.2 Å². The predicted octanol–water partition coefficient (Wildman–Crippen LogP) is -1.63. The first kappa shape index (κ1) is 11.4. The molecule has 0 unspecified atom stereocenters. The summed E-state index contributed by atoms with van der Waals surface area (Å²) in [6.45, 7) is 0.471. The molecule has 0 fully saturated rings. The van der Waals surface area contributed by atoms with Gasteiger partial charge in [0.05, 0.1) is 12.3 Å². The molecule has 0 aromatic carbocycles. The summed E-state index contributed by atoms with van der Waals surface area (Å²) in [5.41, 5.74) is 0. The van der Waals surface area contributed by atoms with Crippen molar-refractivity contribution in [2.45, 2.75) is 0 Å². The van der Waals surface area contributed by atoms with Crippen molar-refractivity contribution >= 4 is 15.7 Å². The van der Waals surface area contributed by atoms with E-state index in [1.807, 2.05) is 0 Å². The molecule has 0 spiro atoms. The van der Waals surface area contributed by atoms with Crippen molar-refractivity contribution < 1.29 is 13.2 Å². The van der Waals surface area contributed by atoms with Gasteiger partial charge in [-0.15, -0.1) is 0 Å². The molecule has 0 saturated heterocycles. The van der Waals surface area contributed by atoms with Crippen LogP contribution in [0.15, 0.2) is 0 Å². The summed E-state index contributed by atoms with van der Waals surface area (Å²) in [6.07, 6.45) is 1.16. The van der Waals surface area contributed by atoms with Crippen molar-refractivity contribution in [3.8, 4) is 0 Å². The van der Waals surface area contributed by atoms with Crippen LogP contribution in [0.2, 0.25) is 0 Å². The van der Waals surface area contributed by atoms with Crippen LogP contribution in [-0.2, 0) is 14.6 Å². The van der Waals surface area contributed by atoms with Gasteiger partial charge in [-0.1, -0.05) is 0 Å². The molecule has 0 radical (unpaired) electrons. The van der Waals surface area contributed by atoms with Gasteiger partial charge in [-0.25, -0.2) is 8.42 Å². The molecule has 0 aliphatic rings. The van der Waals surface area contributed by atoms with Crippen LogP contribution in [0.4, 0.5) is 0 Å². The minimum absolute atomic E-state index is 0.0595. The Morgan fingerprint density at radius 1 is 1.42 bits per heavy atom. The lowest BCUT2D eigenvalue weighted by Gasteiger charge is -2.01. The van der Waals surface area contributed by atoms with Gasteiger partial charge in [0.15, 0.2) is 0 Å². The minimum Gasteiger partial charge on any atom is -0.358 e. The van der Waals surface area contributed by atoms with Crippen molar-refractivity contribution in [3.63, 3.8) is 0 Å². The topological polar surface area (TPSA) is 75.3 Å². The Balaban J connectivity index is 3.40. The van der Waals surface area contributed by atoms with Crippen molar-refractivity contribution in [1.29, 1.82) is 0 Å². The Morgan fingerprint density at radius 3 is 2.42 bits per heavy atom. The number of likely N-dealkylation sites (N-methyl/N-ethyl adjacent to an activating group) is 1. The van der Waals surface area contributed by atoms with Crippen LogP contribution in [0, 0.1) is 0 Å². The number of sulfone groups is 1. The van der Waals surface area contributed by atoms with Crippen LogP contribution in [0.5, 0.6) is 0 Å². The van der Waals surface area contributed by atoms with Crippen molar-refractivity contribution in [2.24, 2.45) is 0 Å². The fraction of sp³-hybridized carbons (Fsp3) is 0.833. The molecule has 12 heavy (non-hydrogen) atoms. The summed E-state index contributed by atoms with van der Waals surface area (Å²) >= 11 is 0. The van der Waals surface area contributed by atoms with E-state index in [1.54, 1.807) is 0 Å². The fourth-order valence-electron chi connectivity index (χ4n) is 0.548. The Kier molecular flexibility index (Phi) is 4.84. The summed E-state index contributed by atoms with van der Waals surface area (Å²) < 4.78 is 21.2. The van der Waals surface area contributed by atoms with Crippen LogP contribution in [-0.4, -0.2) is 46.5 Å². The highest BCUT2D eigenvalue weighted by atomic mass is 32.2. The third-order valence-electron chi connectivity index (χ3n) is 1.21. The molecule has 0 rings (SSSR count). The number of hydrogen-bond donors (Lipinski definition) is 2. The highest BCUT2D eigenvalue weighted by Gasteiger charge is 2.01. The maximum absolute atomic E-state index is 10.6. The summed E-state index contributed by atoms with van der Waals surface area (Å²) in [5.74, 6) is -0.0900. The lowest BCUT2D eigenvalue weighted by molar-refractivity contribution is -0.119. The molecule has 2 N–H and O–H groups in total. The molecule has 0 atom stereocenters. The summed E-state index contributed by atoms with van der Waals surface area (Å²) in [6, 6.07) is 0. The average molecular weight is 194 g/mol. The number of carbonyl (C=O) groups excluding carboxylic acids is 1. The average Bonchev–Trinajstić information content (AvgIpc) is 1.96. The lowest BCUT2D eigenvalue weighted by atomic mass is 10.6. The first-order valence-corrected chi connectivity index (χ1v) is 5.61. The molecule has 0 aromatic rings. The van der Waals surface area contributed by atoms with E-state index in [0.717, 1.165) is 6.26 Å². The highest BCUT2D eigenvalue weighted by Crippen LogP contribution is 1.78. The van der Waals surface area contributed by atoms with Crippen molar-refractivity contribution in [2.75, 3.05) is 32.1 Å². The molecular formula is C6H14N2O3S. The maximum atomic E-state index is 10.6. The second-order valence-electron chi connectivity index (χ2n) is 2.48. The maximum Gasteiger partial charge on any atom is 0.233 e. The van der Waals surface area contributed by atoms with Crippen molar-refractivity contribution in [3.05, 3.63) is 0 Å². The van der Waals surface area contributed by atoms with Crippen LogP contribution >= 0.6 is 0 Å². The van der Waals surface area contributed by atoms with Gasteiger partial charge in [0.2, 0.25) is 5.91 Å². The zero-order valence-corrected chi connectivity index (χ0v) is 8.07. The standard InChI is InChI=1S/C6H14N2O3S/c1-7-6(9)5-8-3-4-12(2,10)11/h8H,3-5H2,1-2H3,(H,7,9). The van der Waals surface area contributed by atoms with Gasteiger partial charge in [0.1, 0.15) is 9.84 Å². The summed E-state index contributed by atoms with van der Waals surface area (Å²) in [4.78, 5) is 10.6. The van der Waals surface area contributed by atoms with Crippen molar-refractivity contribution in [1.82, 2.24) is 10.6 Å². The SMILES string of the molecule is CNC(=O)CNCCS(C)(=O)=O. The number of rotatable bonds is 5. The number of amides is 1. The Bertz CT molecular complexity index is 235. The molecule has 6 heteroatoms. The minimum atomic E-state index is -2.92. The van der Waals surface area contributed by atoms with Gasteiger partial charge < -0.3 is 10.6 Å². The smallest absolute Gasteiger partial charge is 0.233 e.